The third-order valence-corrected chi connectivity index (χ3v) is 4.81. The van der Waals surface area contributed by atoms with Crippen LogP contribution in [-0.4, -0.2) is 38.9 Å². The summed E-state index contributed by atoms with van der Waals surface area (Å²) in [5.74, 6) is 1.25. The summed E-state index contributed by atoms with van der Waals surface area (Å²) in [4.78, 5) is 22.4. The third-order valence-electron chi connectivity index (χ3n) is 4.81. The SMILES string of the molecule is CC(C)[C@H]1COC(=O)N1c1ccnc(N[C@@H](C)c2nnc(-c3ccc(F)cc3)o2)n1. The van der Waals surface area contributed by atoms with Crippen LogP contribution in [-0.2, 0) is 4.74 Å². The molecule has 0 unspecified atom stereocenters. The van der Waals surface area contributed by atoms with Crippen molar-refractivity contribution < 1.29 is 18.3 Å². The Bertz CT molecular complexity index is 1040. The van der Waals surface area contributed by atoms with E-state index in [0.717, 1.165) is 0 Å². The molecule has 1 fully saturated rings. The van der Waals surface area contributed by atoms with E-state index in [0.29, 0.717) is 29.8 Å². The fourth-order valence-electron chi connectivity index (χ4n) is 3.12. The number of halogens is 1. The summed E-state index contributed by atoms with van der Waals surface area (Å²) in [7, 11) is 0. The normalized spacial score (nSPS) is 17.3. The zero-order valence-electron chi connectivity index (χ0n) is 16.7. The van der Waals surface area contributed by atoms with Gasteiger partial charge in [0.15, 0.2) is 0 Å². The van der Waals surface area contributed by atoms with Crippen molar-refractivity contribution in [2.45, 2.75) is 32.9 Å². The number of carbonyl (C=O) groups is 1. The summed E-state index contributed by atoms with van der Waals surface area (Å²) in [6.45, 7) is 6.19. The minimum Gasteiger partial charge on any atom is -0.447 e. The molecule has 1 aliphatic heterocycles. The molecule has 1 saturated heterocycles. The second kappa shape index (κ2) is 8.05. The number of cyclic esters (lactones) is 1. The van der Waals surface area contributed by atoms with E-state index in [1.807, 2.05) is 20.8 Å². The van der Waals surface area contributed by atoms with Gasteiger partial charge in [-0.2, -0.15) is 4.98 Å². The molecule has 0 aliphatic carbocycles. The molecule has 2 aromatic heterocycles. The van der Waals surface area contributed by atoms with Crippen LogP contribution >= 0.6 is 0 Å². The van der Waals surface area contributed by atoms with Crippen molar-refractivity contribution in [3.63, 3.8) is 0 Å². The lowest BCUT2D eigenvalue weighted by Crippen LogP contribution is -2.37. The van der Waals surface area contributed by atoms with Crippen LogP contribution in [0.4, 0.5) is 21.0 Å². The lowest BCUT2D eigenvalue weighted by molar-refractivity contribution is 0.177. The molecule has 2 atom stereocenters. The summed E-state index contributed by atoms with van der Waals surface area (Å²) in [5, 5.41) is 11.2. The van der Waals surface area contributed by atoms with E-state index in [2.05, 4.69) is 25.5 Å². The number of hydrogen-bond acceptors (Lipinski definition) is 8. The van der Waals surface area contributed by atoms with Crippen molar-refractivity contribution in [3.8, 4) is 11.5 Å². The maximum atomic E-state index is 13.1. The topological polar surface area (TPSA) is 106 Å². The van der Waals surface area contributed by atoms with E-state index in [4.69, 9.17) is 9.15 Å². The highest BCUT2D eigenvalue weighted by atomic mass is 19.1. The van der Waals surface area contributed by atoms with Gasteiger partial charge >= 0.3 is 6.09 Å². The van der Waals surface area contributed by atoms with Crippen molar-refractivity contribution in [3.05, 3.63) is 48.2 Å². The molecule has 1 N–H and O–H groups in total. The molecular formula is C20H21FN6O3. The van der Waals surface area contributed by atoms with Gasteiger partial charge in [-0.15, -0.1) is 10.2 Å². The Morgan fingerprint density at radius 3 is 2.67 bits per heavy atom. The highest BCUT2D eigenvalue weighted by Crippen LogP contribution is 2.27. The Morgan fingerprint density at radius 1 is 1.17 bits per heavy atom. The first-order chi connectivity index (χ1) is 14.4. The highest BCUT2D eigenvalue weighted by molar-refractivity contribution is 5.89. The molecule has 0 bridgehead atoms. The van der Waals surface area contributed by atoms with Gasteiger partial charge in [-0.1, -0.05) is 13.8 Å². The van der Waals surface area contributed by atoms with Crippen LogP contribution < -0.4 is 10.2 Å². The fraction of sp³-hybridized carbons (Fsp3) is 0.350. The number of nitrogens with one attached hydrogen (secondary N) is 1. The van der Waals surface area contributed by atoms with Crippen LogP contribution in [0.2, 0.25) is 0 Å². The number of aromatic nitrogens is 4. The summed E-state index contributed by atoms with van der Waals surface area (Å²) in [5.41, 5.74) is 0.618. The van der Waals surface area contributed by atoms with Crippen molar-refractivity contribution in [2.24, 2.45) is 5.92 Å². The molecule has 10 heteroatoms. The van der Waals surface area contributed by atoms with E-state index >= 15 is 0 Å². The Balaban J connectivity index is 1.50. The maximum Gasteiger partial charge on any atom is 0.415 e. The van der Waals surface area contributed by atoms with Crippen LogP contribution in [0.15, 0.2) is 40.9 Å². The number of nitrogens with zero attached hydrogens (tertiary/aromatic N) is 5. The molecule has 1 amide bonds. The highest BCUT2D eigenvalue weighted by Gasteiger charge is 2.37. The second-order valence-corrected chi connectivity index (χ2v) is 7.32. The maximum absolute atomic E-state index is 13.1. The number of rotatable bonds is 6. The molecular weight excluding hydrogens is 391 g/mol. The third kappa shape index (κ3) is 3.93. The Labute approximate surface area is 172 Å². The summed E-state index contributed by atoms with van der Waals surface area (Å²) in [6, 6.07) is 6.97. The smallest absolute Gasteiger partial charge is 0.415 e. The molecule has 4 rings (SSSR count). The predicted molar refractivity (Wildman–Crippen MR) is 106 cm³/mol. The first-order valence-electron chi connectivity index (χ1n) is 9.57. The number of benzene rings is 1. The van der Waals surface area contributed by atoms with Crippen LogP contribution in [0.3, 0.4) is 0 Å². The quantitative estimate of drug-likeness (QED) is 0.651. The molecule has 0 saturated carbocycles. The number of ether oxygens (including phenoxy) is 1. The number of hydrogen-bond donors (Lipinski definition) is 1. The summed E-state index contributed by atoms with van der Waals surface area (Å²) >= 11 is 0. The van der Waals surface area contributed by atoms with Gasteiger partial charge in [-0.3, -0.25) is 4.90 Å². The molecule has 9 nitrogen and oxygen atoms in total. The van der Waals surface area contributed by atoms with Gasteiger partial charge in [0.2, 0.25) is 17.7 Å². The minimum atomic E-state index is -0.424. The van der Waals surface area contributed by atoms with E-state index in [9.17, 15) is 9.18 Å². The molecule has 3 heterocycles. The first kappa shape index (κ1) is 19.7. The molecule has 1 aliphatic rings. The van der Waals surface area contributed by atoms with E-state index in [-0.39, 0.29) is 23.7 Å². The van der Waals surface area contributed by atoms with Gasteiger partial charge in [0.25, 0.3) is 0 Å². The average molecular weight is 412 g/mol. The zero-order chi connectivity index (χ0) is 21.3. The number of carbonyl (C=O) groups excluding carboxylic acids is 1. The molecule has 0 spiro atoms. The molecule has 1 aromatic carbocycles. The van der Waals surface area contributed by atoms with Crippen molar-refractivity contribution in [1.29, 1.82) is 0 Å². The molecule has 156 valence electrons. The molecule has 3 aromatic rings. The van der Waals surface area contributed by atoms with Crippen molar-refractivity contribution >= 4 is 17.9 Å². The Kier molecular flexibility index (Phi) is 5.30. The number of amides is 1. The Hall–Kier alpha value is -3.56. The van der Waals surface area contributed by atoms with Crippen molar-refractivity contribution in [1.82, 2.24) is 20.2 Å². The lowest BCUT2D eigenvalue weighted by Gasteiger charge is -2.23. The minimum absolute atomic E-state index is 0.0909. The standard InChI is InChI=1S/C20H21FN6O3/c1-11(2)15-10-29-20(28)27(15)16-8-9-22-19(24-16)23-12(3)17-25-26-18(30-17)13-4-6-14(21)7-5-13/h4-9,11-12,15H,10H2,1-3H3,(H,22,23,24)/t12-,15+/m0/s1. The summed E-state index contributed by atoms with van der Waals surface area (Å²) in [6.07, 6.45) is 1.14. The van der Waals surface area contributed by atoms with Crippen LogP contribution in [0, 0.1) is 11.7 Å². The molecule has 30 heavy (non-hydrogen) atoms. The lowest BCUT2D eigenvalue weighted by atomic mass is 10.0. The van der Waals surface area contributed by atoms with E-state index in [1.165, 1.54) is 12.1 Å². The largest absolute Gasteiger partial charge is 0.447 e. The van der Waals surface area contributed by atoms with Gasteiger partial charge in [0, 0.05) is 11.8 Å². The van der Waals surface area contributed by atoms with Gasteiger partial charge in [0.05, 0.1) is 6.04 Å². The van der Waals surface area contributed by atoms with Crippen LogP contribution in [0.25, 0.3) is 11.5 Å². The van der Waals surface area contributed by atoms with Crippen LogP contribution in [0.5, 0.6) is 0 Å². The average Bonchev–Trinajstić information content (AvgIpc) is 3.36. The number of anilines is 2. The van der Waals surface area contributed by atoms with Crippen molar-refractivity contribution in [2.75, 3.05) is 16.8 Å². The van der Waals surface area contributed by atoms with Gasteiger partial charge in [-0.05, 0) is 43.2 Å². The second-order valence-electron chi connectivity index (χ2n) is 7.32. The van der Waals surface area contributed by atoms with Crippen LogP contribution in [0.1, 0.15) is 32.7 Å². The Morgan fingerprint density at radius 2 is 1.93 bits per heavy atom. The fourth-order valence-corrected chi connectivity index (χ4v) is 3.12. The monoisotopic (exact) mass is 412 g/mol. The van der Waals surface area contributed by atoms with Gasteiger partial charge < -0.3 is 14.5 Å². The van der Waals surface area contributed by atoms with Gasteiger partial charge in [0.1, 0.15) is 24.3 Å². The predicted octanol–water partition coefficient (Wildman–Crippen LogP) is 3.82. The zero-order valence-corrected chi connectivity index (χ0v) is 16.7. The van der Waals surface area contributed by atoms with Gasteiger partial charge in [-0.25, -0.2) is 14.2 Å². The summed E-state index contributed by atoms with van der Waals surface area (Å²) < 4.78 is 24.0. The first-order valence-corrected chi connectivity index (χ1v) is 9.57. The molecule has 0 radical (unpaired) electrons. The van der Waals surface area contributed by atoms with E-state index in [1.54, 1.807) is 29.3 Å². The van der Waals surface area contributed by atoms with E-state index < -0.39 is 12.1 Å².